The van der Waals surface area contributed by atoms with Crippen molar-refractivity contribution in [2.75, 3.05) is 13.1 Å². The van der Waals surface area contributed by atoms with Gasteiger partial charge in [-0.2, -0.15) is 8.78 Å². The van der Waals surface area contributed by atoms with Crippen molar-refractivity contribution >= 4 is 11.8 Å². The fraction of sp³-hybridized carbons (Fsp3) is 0.625. The Balaban J connectivity index is 2.04. The standard InChI is InChI=1S/C16H23F2N3O2/c1-10(2)15(23)20-8-4-5-12(9-20)19-14(22)13-7-6-11(3)21(13)16(17)18/h6-7,10,12,16H,4-5,8-9H2,1-3H3,(H,19,22)/t12-/m1/s1. The number of nitrogens with one attached hydrogen (secondary N) is 1. The molecule has 1 aromatic heterocycles. The number of carbonyl (C=O) groups is 2. The highest BCUT2D eigenvalue weighted by Crippen LogP contribution is 2.19. The maximum atomic E-state index is 13.0. The molecular formula is C16H23F2N3O2. The highest BCUT2D eigenvalue weighted by molar-refractivity contribution is 5.93. The van der Waals surface area contributed by atoms with E-state index in [1.165, 1.54) is 19.1 Å². The summed E-state index contributed by atoms with van der Waals surface area (Å²) in [4.78, 5) is 26.1. The molecule has 0 saturated carbocycles. The van der Waals surface area contributed by atoms with Crippen molar-refractivity contribution < 1.29 is 18.4 Å². The highest BCUT2D eigenvalue weighted by atomic mass is 19.3. The number of alkyl halides is 2. The van der Waals surface area contributed by atoms with Gasteiger partial charge < -0.3 is 10.2 Å². The Labute approximate surface area is 134 Å². The second kappa shape index (κ2) is 7.10. The molecule has 1 aliphatic heterocycles. The zero-order valence-electron chi connectivity index (χ0n) is 13.7. The first-order valence-corrected chi connectivity index (χ1v) is 7.87. The Hall–Kier alpha value is -1.92. The number of likely N-dealkylation sites (tertiary alicyclic amines) is 1. The van der Waals surface area contributed by atoms with Crippen molar-refractivity contribution in [3.63, 3.8) is 0 Å². The number of nitrogens with zero attached hydrogens (tertiary/aromatic N) is 2. The van der Waals surface area contributed by atoms with Gasteiger partial charge in [0.2, 0.25) is 5.91 Å². The molecule has 2 amide bonds. The second-order valence-corrected chi connectivity index (χ2v) is 6.26. The predicted octanol–water partition coefficient (Wildman–Crippen LogP) is 2.57. The van der Waals surface area contributed by atoms with E-state index in [1.54, 1.807) is 4.90 Å². The normalized spacial score (nSPS) is 18.6. The van der Waals surface area contributed by atoms with E-state index < -0.39 is 12.5 Å². The van der Waals surface area contributed by atoms with Gasteiger partial charge in [0, 0.05) is 30.7 Å². The van der Waals surface area contributed by atoms with Crippen molar-refractivity contribution in [2.24, 2.45) is 5.92 Å². The lowest BCUT2D eigenvalue weighted by Crippen LogP contribution is -2.50. The Bertz CT molecular complexity index is 584. The van der Waals surface area contributed by atoms with Crippen LogP contribution in [-0.2, 0) is 4.79 Å². The van der Waals surface area contributed by atoms with Crippen LogP contribution in [0.2, 0.25) is 0 Å². The summed E-state index contributed by atoms with van der Waals surface area (Å²) in [5.41, 5.74) is 0.287. The summed E-state index contributed by atoms with van der Waals surface area (Å²) in [6, 6.07) is 2.69. The molecule has 1 aromatic rings. The molecule has 0 bridgehead atoms. The summed E-state index contributed by atoms with van der Waals surface area (Å²) >= 11 is 0. The fourth-order valence-electron chi connectivity index (χ4n) is 2.91. The van der Waals surface area contributed by atoms with Crippen LogP contribution in [-0.4, -0.2) is 40.4 Å². The van der Waals surface area contributed by atoms with Gasteiger partial charge in [-0.15, -0.1) is 0 Å². The van der Waals surface area contributed by atoms with Crippen LogP contribution < -0.4 is 5.32 Å². The molecule has 7 heteroatoms. The maximum absolute atomic E-state index is 13.0. The highest BCUT2D eigenvalue weighted by Gasteiger charge is 2.27. The number of amides is 2. The molecule has 2 rings (SSSR count). The molecule has 1 aliphatic rings. The number of hydrogen-bond donors (Lipinski definition) is 1. The molecule has 128 valence electrons. The Morgan fingerprint density at radius 3 is 2.61 bits per heavy atom. The van der Waals surface area contributed by atoms with Crippen LogP contribution in [0.15, 0.2) is 12.1 Å². The van der Waals surface area contributed by atoms with Gasteiger partial charge in [-0.3, -0.25) is 14.2 Å². The average Bonchev–Trinajstić information content (AvgIpc) is 2.88. The Morgan fingerprint density at radius 2 is 2.00 bits per heavy atom. The number of rotatable bonds is 4. The third-order valence-corrected chi connectivity index (χ3v) is 4.11. The topological polar surface area (TPSA) is 54.3 Å². The first-order valence-electron chi connectivity index (χ1n) is 7.87. The summed E-state index contributed by atoms with van der Waals surface area (Å²) in [5.74, 6) is -0.568. The molecule has 2 heterocycles. The Kier molecular flexibility index (Phi) is 5.38. The van der Waals surface area contributed by atoms with Crippen LogP contribution in [0.3, 0.4) is 0 Å². The molecule has 1 N–H and O–H groups in total. The summed E-state index contributed by atoms with van der Waals surface area (Å²) in [7, 11) is 0. The van der Waals surface area contributed by atoms with E-state index in [-0.39, 0.29) is 23.6 Å². The first kappa shape index (κ1) is 17.4. The lowest BCUT2D eigenvalue weighted by atomic mass is 10.0. The van der Waals surface area contributed by atoms with Crippen LogP contribution in [0, 0.1) is 12.8 Å². The van der Waals surface area contributed by atoms with Gasteiger partial charge >= 0.3 is 6.55 Å². The van der Waals surface area contributed by atoms with Crippen molar-refractivity contribution in [3.8, 4) is 0 Å². The van der Waals surface area contributed by atoms with Gasteiger partial charge in [-0.1, -0.05) is 13.8 Å². The van der Waals surface area contributed by atoms with Gasteiger partial charge in [0.1, 0.15) is 5.69 Å². The van der Waals surface area contributed by atoms with Crippen LogP contribution >= 0.6 is 0 Å². The number of aryl methyl sites for hydroxylation is 1. The van der Waals surface area contributed by atoms with Crippen molar-refractivity contribution in [1.82, 2.24) is 14.8 Å². The Morgan fingerprint density at radius 1 is 1.30 bits per heavy atom. The lowest BCUT2D eigenvalue weighted by molar-refractivity contribution is -0.135. The second-order valence-electron chi connectivity index (χ2n) is 6.26. The van der Waals surface area contributed by atoms with Crippen molar-refractivity contribution in [1.29, 1.82) is 0 Å². The van der Waals surface area contributed by atoms with Crippen molar-refractivity contribution in [2.45, 2.75) is 46.2 Å². The maximum Gasteiger partial charge on any atom is 0.319 e. The fourth-order valence-corrected chi connectivity index (χ4v) is 2.91. The summed E-state index contributed by atoms with van der Waals surface area (Å²) < 4.78 is 26.8. The minimum atomic E-state index is -2.75. The minimum Gasteiger partial charge on any atom is -0.346 e. The molecule has 0 aliphatic carbocycles. The third-order valence-electron chi connectivity index (χ3n) is 4.11. The summed E-state index contributed by atoms with van der Waals surface area (Å²) in [6.07, 6.45) is 1.53. The molecule has 1 fully saturated rings. The van der Waals surface area contributed by atoms with E-state index in [1.807, 2.05) is 13.8 Å². The molecule has 0 aromatic carbocycles. The smallest absolute Gasteiger partial charge is 0.319 e. The number of hydrogen-bond acceptors (Lipinski definition) is 2. The lowest BCUT2D eigenvalue weighted by Gasteiger charge is -2.34. The third kappa shape index (κ3) is 3.89. The zero-order chi connectivity index (χ0) is 17.1. The monoisotopic (exact) mass is 327 g/mol. The van der Waals surface area contributed by atoms with Gasteiger partial charge in [-0.25, -0.2) is 0 Å². The van der Waals surface area contributed by atoms with Crippen molar-refractivity contribution in [3.05, 3.63) is 23.5 Å². The summed E-state index contributed by atoms with van der Waals surface area (Å²) in [5, 5.41) is 2.78. The molecule has 1 atom stereocenters. The molecular weight excluding hydrogens is 304 g/mol. The quantitative estimate of drug-likeness (QED) is 0.924. The van der Waals surface area contributed by atoms with Gasteiger partial charge in [-0.05, 0) is 31.9 Å². The van der Waals surface area contributed by atoms with E-state index in [0.29, 0.717) is 18.8 Å². The number of carbonyl (C=O) groups excluding carboxylic acids is 2. The van der Waals surface area contributed by atoms with Gasteiger partial charge in [0.05, 0.1) is 0 Å². The van der Waals surface area contributed by atoms with Crippen LogP contribution in [0.25, 0.3) is 0 Å². The first-order chi connectivity index (χ1) is 10.8. The predicted molar refractivity (Wildman–Crippen MR) is 82.3 cm³/mol. The minimum absolute atomic E-state index is 0.0511. The van der Waals surface area contributed by atoms with Gasteiger partial charge in [0.25, 0.3) is 5.91 Å². The van der Waals surface area contributed by atoms with Crippen LogP contribution in [0.5, 0.6) is 0 Å². The average molecular weight is 327 g/mol. The van der Waals surface area contributed by atoms with E-state index >= 15 is 0 Å². The molecule has 0 unspecified atom stereocenters. The molecule has 1 saturated heterocycles. The summed E-state index contributed by atoms with van der Waals surface area (Å²) in [6.45, 7) is 3.56. The molecule has 5 nitrogen and oxygen atoms in total. The number of piperidine rings is 1. The van der Waals surface area contributed by atoms with Crippen LogP contribution in [0.4, 0.5) is 8.78 Å². The largest absolute Gasteiger partial charge is 0.346 e. The number of aromatic nitrogens is 1. The number of halogens is 2. The van der Waals surface area contributed by atoms with Crippen LogP contribution in [0.1, 0.15) is 49.4 Å². The van der Waals surface area contributed by atoms with Gasteiger partial charge in [0.15, 0.2) is 0 Å². The van der Waals surface area contributed by atoms with E-state index in [2.05, 4.69) is 5.32 Å². The van der Waals surface area contributed by atoms with E-state index in [0.717, 1.165) is 17.4 Å². The van der Waals surface area contributed by atoms with E-state index in [4.69, 9.17) is 0 Å². The molecule has 0 radical (unpaired) electrons. The molecule has 0 spiro atoms. The molecule has 23 heavy (non-hydrogen) atoms. The van der Waals surface area contributed by atoms with E-state index in [9.17, 15) is 18.4 Å². The zero-order valence-corrected chi connectivity index (χ0v) is 13.7. The SMILES string of the molecule is Cc1ccc(C(=O)N[C@@H]2CCCN(C(=O)C(C)C)C2)n1C(F)F.